The van der Waals surface area contributed by atoms with Gasteiger partial charge in [-0.1, -0.05) is 0 Å². The largest absolute Gasteiger partial charge is 0.336 e. The summed E-state index contributed by atoms with van der Waals surface area (Å²) in [5.74, 6) is 0.243. The van der Waals surface area contributed by atoms with Gasteiger partial charge in [0.05, 0.1) is 11.7 Å². The third-order valence-corrected chi connectivity index (χ3v) is 4.91. The number of nitrogens with zero attached hydrogens (tertiary/aromatic N) is 4. The van der Waals surface area contributed by atoms with Crippen LogP contribution in [0.15, 0.2) is 24.5 Å². The van der Waals surface area contributed by atoms with Crippen LogP contribution < -0.4 is 0 Å². The Morgan fingerprint density at radius 3 is 2.70 bits per heavy atom. The molecule has 5 nitrogen and oxygen atoms in total. The summed E-state index contributed by atoms with van der Waals surface area (Å²) < 4.78 is 1.89. The lowest BCUT2D eigenvalue weighted by molar-refractivity contribution is -0.132. The van der Waals surface area contributed by atoms with Crippen molar-refractivity contribution in [3.63, 3.8) is 0 Å². The molecule has 0 bridgehead atoms. The number of hydrogen-bond acceptors (Lipinski definition) is 3. The molecular formula is C18H24N4O. The number of pyridine rings is 1. The summed E-state index contributed by atoms with van der Waals surface area (Å²) in [6, 6.07) is 4.25. The number of rotatable bonds is 4. The van der Waals surface area contributed by atoms with Crippen molar-refractivity contribution in [3.8, 4) is 0 Å². The van der Waals surface area contributed by atoms with Gasteiger partial charge in [-0.15, -0.1) is 0 Å². The fourth-order valence-electron chi connectivity index (χ4n) is 3.55. The maximum atomic E-state index is 12.7. The van der Waals surface area contributed by atoms with E-state index in [1.807, 2.05) is 35.7 Å². The summed E-state index contributed by atoms with van der Waals surface area (Å²) in [6.07, 6.45) is 7.04. The molecule has 0 saturated carbocycles. The second-order valence-electron chi connectivity index (χ2n) is 6.30. The first kappa shape index (κ1) is 15.7. The summed E-state index contributed by atoms with van der Waals surface area (Å²) in [7, 11) is 1.95. The first-order valence-corrected chi connectivity index (χ1v) is 8.26. The Kier molecular flexibility index (Phi) is 4.46. The minimum Gasteiger partial charge on any atom is -0.336 e. The van der Waals surface area contributed by atoms with Gasteiger partial charge in [0, 0.05) is 38.1 Å². The van der Waals surface area contributed by atoms with Crippen LogP contribution in [-0.4, -0.2) is 32.1 Å². The molecule has 2 aromatic heterocycles. The molecule has 2 aromatic rings. The molecule has 1 atom stereocenters. The van der Waals surface area contributed by atoms with Gasteiger partial charge in [0.2, 0.25) is 5.91 Å². The Labute approximate surface area is 137 Å². The molecule has 122 valence electrons. The number of hydrogen-bond donors (Lipinski definition) is 0. The lowest BCUT2D eigenvalue weighted by Gasteiger charge is -2.25. The van der Waals surface area contributed by atoms with Gasteiger partial charge in [-0.25, -0.2) is 0 Å². The summed E-state index contributed by atoms with van der Waals surface area (Å²) in [6.45, 7) is 4.94. The fraction of sp³-hybridized carbons (Fsp3) is 0.500. The van der Waals surface area contributed by atoms with Crippen LogP contribution in [0.25, 0.3) is 0 Å². The van der Waals surface area contributed by atoms with E-state index in [1.165, 1.54) is 11.1 Å². The van der Waals surface area contributed by atoms with E-state index in [0.717, 1.165) is 37.2 Å². The third kappa shape index (κ3) is 3.14. The van der Waals surface area contributed by atoms with Crippen molar-refractivity contribution in [1.82, 2.24) is 19.7 Å². The van der Waals surface area contributed by atoms with Gasteiger partial charge in [0.15, 0.2) is 0 Å². The second kappa shape index (κ2) is 6.52. The normalized spacial score (nSPS) is 17.7. The van der Waals surface area contributed by atoms with E-state index in [9.17, 15) is 4.79 Å². The van der Waals surface area contributed by atoms with Gasteiger partial charge < -0.3 is 4.90 Å². The molecule has 0 aliphatic carbocycles. The van der Waals surface area contributed by atoms with Gasteiger partial charge in [-0.3, -0.25) is 14.5 Å². The maximum absolute atomic E-state index is 12.7. The average molecular weight is 312 g/mol. The van der Waals surface area contributed by atoms with E-state index in [1.54, 1.807) is 12.4 Å². The van der Waals surface area contributed by atoms with Crippen LogP contribution in [0.1, 0.15) is 47.8 Å². The molecule has 1 aliphatic heterocycles. The Balaban J connectivity index is 1.68. The lowest BCUT2D eigenvalue weighted by Crippen LogP contribution is -2.30. The molecule has 3 rings (SSSR count). The first-order chi connectivity index (χ1) is 11.1. The summed E-state index contributed by atoms with van der Waals surface area (Å²) in [5.41, 5.74) is 4.59. The van der Waals surface area contributed by atoms with Gasteiger partial charge in [-0.2, -0.15) is 5.10 Å². The van der Waals surface area contributed by atoms with E-state index in [4.69, 9.17) is 0 Å². The highest BCUT2D eigenvalue weighted by molar-refractivity contribution is 5.77. The van der Waals surface area contributed by atoms with Crippen molar-refractivity contribution >= 4 is 5.91 Å². The van der Waals surface area contributed by atoms with E-state index in [2.05, 4.69) is 17.0 Å². The SMILES string of the molecule is Cc1nn(C)c(C)c1CCC(=O)N1CCCC1c1ccncc1. The first-order valence-electron chi connectivity index (χ1n) is 8.26. The number of aryl methyl sites for hydroxylation is 2. The Morgan fingerprint density at radius 2 is 2.04 bits per heavy atom. The Bertz CT molecular complexity index is 693. The topological polar surface area (TPSA) is 51.0 Å². The molecule has 3 heterocycles. The fourth-order valence-corrected chi connectivity index (χ4v) is 3.55. The van der Waals surface area contributed by atoms with Gasteiger partial charge in [-0.05, 0) is 56.4 Å². The molecule has 23 heavy (non-hydrogen) atoms. The van der Waals surface area contributed by atoms with Crippen LogP contribution in [0.4, 0.5) is 0 Å². The van der Waals surface area contributed by atoms with Gasteiger partial charge >= 0.3 is 0 Å². The molecule has 5 heteroatoms. The van der Waals surface area contributed by atoms with Crippen LogP contribution in [0.2, 0.25) is 0 Å². The van der Waals surface area contributed by atoms with Crippen molar-refractivity contribution in [2.45, 2.75) is 45.6 Å². The molecule has 1 fully saturated rings. The maximum Gasteiger partial charge on any atom is 0.223 e. The van der Waals surface area contributed by atoms with E-state index in [0.29, 0.717) is 6.42 Å². The predicted molar refractivity (Wildman–Crippen MR) is 88.9 cm³/mol. The molecule has 0 N–H and O–H groups in total. The molecule has 0 spiro atoms. The van der Waals surface area contributed by atoms with E-state index >= 15 is 0 Å². The molecule has 1 aliphatic rings. The number of amides is 1. The molecule has 1 amide bonds. The average Bonchev–Trinajstić information content (AvgIpc) is 3.13. The summed E-state index contributed by atoms with van der Waals surface area (Å²) >= 11 is 0. The van der Waals surface area contributed by atoms with Gasteiger partial charge in [0.25, 0.3) is 0 Å². The van der Waals surface area contributed by atoms with Crippen molar-refractivity contribution in [2.24, 2.45) is 7.05 Å². The van der Waals surface area contributed by atoms with Crippen LogP contribution in [-0.2, 0) is 18.3 Å². The molecule has 0 radical (unpaired) electrons. The van der Waals surface area contributed by atoms with Crippen LogP contribution in [0.5, 0.6) is 0 Å². The number of carbonyl (C=O) groups excluding carboxylic acids is 1. The number of aromatic nitrogens is 3. The monoisotopic (exact) mass is 312 g/mol. The Morgan fingerprint density at radius 1 is 1.30 bits per heavy atom. The zero-order valence-electron chi connectivity index (χ0n) is 14.1. The van der Waals surface area contributed by atoms with E-state index < -0.39 is 0 Å². The van der Waals surface area contributed by atoms with Crippen molar-refractivity contribution in [2.75, 3.05) is 6.54 Å². The Hall–Kier alpha value is -2.17. The molecule has 0 aromatic carbocycles. The number of carbonyl (C=O) groups is 1. The summed E-state index contributed by atoms with van der Waals surface area (Å²) in [5, 5.41) is 4.43. The highest BCUT2D eigenvalue weighted by atomic mass is 16.2. The standard InChI is InChI=1S/C18H24N4O/c1-13-16(14(2)21(3)20-13)6-7-18(23)22-12-4-5-17(22)15-8-10-19-11-9-15/h8-11,17H,4-7,12H2,1-3H3. The molecule has 1 saturated heterocycles. The van der Waals surface area contributed by atoms with Crippen molar-refractivity contribution < 1.29 is 4.79 Å². The number of likely N-dealkylation sites (tertiary alicyclic amines) is 1. The van der Waals surface area contributed by atoms with Crippen LogP contribution in [0.3, 0.4) is 0 Å². The highest BCUT2D eigenvalue weighted by Gasteiger charge is 2.29. The van der Waals surface area contributed by atoms with Crippen LogP contribution >= 0.6 is 0 Å². The zero-order valence-corrected chi connectivity index (χ0v) is 14.1. The van der Waals surface area contributed by atoms with E-state index in [-0.39, 0.29) is 11.9 Å². The molecule has 1 unspecified atom stereocenters. The van der Waals surface area contributed by atoms with Gasteiger partial charge in [0.1, 0.15) is 0 Å². The van der Waals surface area contributed by atoms with Crippen molar-refractivity contribution in [1.29, 1.82) is 0 Å². The highest BCUT2D eigenvalue weighted by Crippen LogP contribution is 2.32. The second-order valence-corrected chi connectivity index (χ2v) is 6.30. The molecular weight excluding hydrogens is 288 g/mol. The predicted octanol–water partition coefficient (Wildman–Crippen LogP) is 2.73. The summed E-state index contributed by atoms with van der Waals surface area (Å²) in [4.78, 5) is 18.8. The minimum absolute atomic E-state index is 0.210. The lowest BCUT2D eigenvalue weighted by atomic mass is 10.0. The zero-order chi connectivity index (χ0) is 16.4. The van der Waals surface area contributed by atoms with Crippen LogP contribution in [0, 0.1) is 13.8 Å². The third-order valence-electron chi connectivity index (χ3n) is 4.91. The minimum atomic E-state index is 0.210. The smallest absolute Gasteiger partial charge is 0.223 e. The quantitative estimate of drug-likeness (QED) is 0.872. The van der Waals surface area contributed by atoms with Crippen molar-refractivity contribution in [3.05, 3.63) is 47.0 Å².